The summed E-state index contributed by atoms with van der Waals surface area (Å²) in [5, 5.41) is 3.41. The molecule has 1 aliphatic heterocycles. The summed E-state index contributed by atoms with van der Waals surface area (Å²) in [6.07, 6.45) is 4.32. The zero-order valence-electron chi connectivity index (χ0n) is 11.8. The van der Waals surface area contributed by atoms with E-state index in [9.17, 15) is 0 Å². The Morgan fingerprint density at radius 1 is 1.15 bits per heavy atom. The van der Waals surface area contributed by atoms with Crippen LogP contribution in [0.2, 0.25) is 0 Å². The fourth-order valence-corrected chi connectivity index (χ4v) is 2.86. The molecule has 1 aliphatic rings. The Labute approximate surface area is 120 Å². The Bertz CT molecular complexity index is 577. The topological polar surface area (TPSA) is 34.1 Å². The second-order valence-electron chi connectivity index (χ2n) is 5.20. The lowest BCUT2D eigenvalue weighted by molar-refractivity contribution is 0.416. The van der Waals surface area contributed by atoms with Gasteiger partial charge in [0.15, 0.2) is 0 Å². The first kappa shape index (κ1) is 13.1. The second kappa shape index (κ2) is 6.06. The number of nitrogens with one attached hydrogen (secondary N) is 1. The molecule has 3 nitrogen and oxygen atoms in total. The number of para-hydroxylation sites is 1. The highest BCUT2D eigenvalue weighted by atomic mass is 16.5. The number of hydrogen-bond donors (Lipinski definition) is 1. The summed E-state index contributed by atoms with van der Waals surface area (Å²) >= 11 is 0. The summed E-state index contributed by atoms with van der Waals surface area (Å²) in [5.74, 6) is 1.52. The van der Waals surface area contributed by atoms with Gasteiger partial charge in [0.05, 0.1) is 12.8 Å². The van der Waals surface area contributed by atoms with Gasteiger partial charge in [0.2, 0.25) is 0 Å². The molecule has 3 heteroatoms. The minimum Gasteiger partial charge on any atom is -0.496 e. The predicted octanol–water partition coefficient (Wildman–Crippen LogP) is 3.22. The van der Waals surface area contributed by atoms with Crippen molar-refractivity contribution in [2.24, 2.45) is 0 Å². The molecule has 104 valence electrons. The van der Waals surface area contributed by atoms with Crippen molar-refractivity contribution >= 4 is 0 Å². The van der Waals surface area contributed by atoms with Gasteiger partial charge in [-0.1, -0.05) is 12.1 Å². The van der Waals surface area contributed by atoms with Crippen molar-refractivity contribution < 1.29 is 4.74 Å². The standard InChI is InChI=1S/C17H20N2O/c1-20-17-5-3-2-4-15(17)16-12-14(8-11-19-16)13-6-9-18-10-7-13/h2-5,8,11-13,18H,6-7,9-10H2,1H3. The number of rotatable bonds is 3. The molecule has 0 aliphatic carbocycles. The van der Waals surface area contributed by atoms with Crippen LogP contribution >= 0.6 is 0 Å². The Morgan fingerprint density at radius 3 is 2.75 bits per heavy atom. The number of benzene rings is 1. The van der Waals surface area contributed by atoms with Gasteiger partial charge in [0.25, 0.3) is 0 Å². The lowest BCUT2D eigenvalue weighted by Gasteiger charge is -2.23. The maximum atomic E-state index is 5.44. The highest BCUT2D eigenvalue weighted by molar-refractivity contribution is 5.67. The quantitative estimate of drug-likeness (QED) is 0.928. The SMILES string of the molecule is COc1ccccc1-c1cc(C2CCNCC2)ccn1. The molecule has 20 heavy (non-hydrogen) atoms. The normalized spacial score (nSPS) is 16.1. The minimum atomic E-state index is 0.646. The first-order valence-electron chi connectivity index (χ1n) is 7.18. The van der Waals surface area contributed by atoms with Crippen LogP contribution < -0.4 is 10.1 Å². The molecule has 0 saturated carbocycles. The van der Waals surface area contributed by atoms with Gasteiger partial charge in [0, 0.05) is 11.8 Å². The van der Waals surface area contributed by atoms with Gasteiger partial charge in [-0.25, -0.2) is 0 Å². The summed E-state index contributed by atoms with van der Waals surface area (Å²) in [7, 11) is 1.70. The van der Waals surface area contributed by atoms with Gasteiger partial charge in [0.1, 0.15) is 5.75 Å². The van der Waals surface area contributed by atoms with Crippen LogP contribution in [0.15, 0.2) is 42.6 Å². The fourth-order valence-electron chi connectivity index (χ4n) is 2.86. The Hall–Kier alpha value is -1.87. The monoisotopic (exact) mass is 268 g/mol. The summed E-state index contributed by atoms with van der Waals surface area (Å²) < 4.78 is 5.44. The van der Waals surface area contributed by atoms with Crippen LogP contribution in [-0.2, 0) is 0 Å². The highest BCUT2D eigenvalue weighted by Gasteiger charge is 2.16. The molecule has 0 bridgehead atoms. The van der Waals surface area contributed by atoms with Crippen LogP contribution in [-0.4, -0.2) is 25.2 Å². The Morgan fingerprint density at radius 2 is 1.95 bits per heavy atom. The van der Waals surface area contributed by atoms with E-state index < -0.39 is 0 Å². The van der Waals surface area contributed by atoms with E-state index in [0.717, 1.165) is 30.1 Å². The van der Waals surface area contributed by atoms with Crippen molar-refractivity contribution in [1.82, 2.24) is 10.3 Å². The summed E-state index contributed by atoms with van der Waals surface area (Å²) in [6, 6.07) is 12.4. The summed E-state index contributed by atoms with van der Waals surface area (Å²) in [5.41, 5.74) is 3.45. The first-order chi connectivity index (χ1) is 9.88. The maximum absolute atomic E-state index is 5.44. The van der Waals surface area contributed by atoms with Crippen LogP contribution in [0.3, 0.4) is 0 Å². The molecular formula is C17H20N2O. The molecule has 0 atom stereocenters. The third-order valence-electron chi connectivity index (χ3n) is 3.98. The first-order valence-corrected chi connectivity index (χ1v) is 7.18. The van der Waals surface area contributed by atoms with E-state index in [2.05, 4.69) is 28.5 Å². The van der Waals surface area contributed by atoms with E-state index in [1.807, 2.05) is 24.4 Å². The van der Waals surface area contributed by atoms with E-state index in [-0.39, 0.29) is 0 Å². The summed E-state index contributed by atoms with van der Waals surface area (Å²) in [4.78, 5) is 4.52. The number of nitrogens with zero attached hydrogens (tertiary/aromatic N) is 1. The van der Waals surface area contributed by atoms with Crippen molar-refractivity contribution in [3.8, 4) is 17.0 Å². The molecular weight excluding hydrogens is 248 g/mol. The van der Waals surface area contributed by atoms with Crippen molar-refractivity contribution in [1.29, 1.82) is 0 Å². The molecule has 1 fully saturated rings. The average molecular weight is 268 g/mol. The van der Waals surface area contributed by atoms with Crippen LogP contribution in [0.5, 0.6) is 5.75 Å². The predicted molar refractivity (Wildman–Crippen MR) is 81.1 cm³/mol. The van der Waals surface area contributed by atoms with E-state index in [1.165, 1.54) is 18.4 Å². The third-order valence-corrected chi connectivity index (χ3v) is 3.98. The average Bonchev–Trinajstić information content (AvgIpc) is 2.56. The molecule has 0 amide bonds. The lowest BCUT2D eigenvalue weighted by Crippen LogP contribution is -2.26. The Kier molecular flexibility index (Phi) is 3.97. The van der Waals surface area contributed by atoms with Gasteiger partial charge in [-0.3, -0.25) is 4.98 Å². The zero-order chi connectivity index (χ0) is 13.8. The second-order valence-corrected chi connectivity index (χ2v) is 5.20. The van der Waals surface area contributed by atoms with E-state index in [4.69, 9.17) is 4.74 Å². The molecule has 2 aromatic rings. The zero-order valence-corrected chi connectivity index (χ0v) is 11.8. The highest BCUT2D eigenvalue weighted by Crippen LogP contribution is 2.31. The smallest absolute Gasteiger partial charge is 0.128 e. The van der Waals surface area contributed by atoms with E-state index >= 15 is 0 Å². The largest absolute Gasteiger partial charge is 0.496 e. The molecule has 2 heterocycles. The number of piperidine rings is 1. The van der Waals surface area contributed by atoms with Gasteiger partial charge < -0.3 is 10.1 Å². The number of aromatic nitrogens is 1. The van der Waals surface area contributed by atoms with Crippen LogP contribution in [0.25, 0.3) is 11.3 Å². The van der Waals surface area contributed by atoms with Gasteiger partial charge in [-0.2, -0.15) is 0 Å². The van der Waals surface area contributed by atoms with Crippen molar-refractivity contribution in [3.05, 3.63) is 48.2 Å². The number of hydrogen-bond acceptors (Lipinski definition) is 3. The summed E-state index contributed by atoms with van der Waals surface area (Å²) in [6.45, 7) is 2.22. The van der Waals surface area contributed by atoms with Crippen molar-refractivity contribution in [3.63, 3.8) is 0 Å². The molecule has 1 saturated heterocycles. The van der Waals surface area contributed by atoms with Gasteiger partial charge in [-0.05, 0) is 61.7 Å². The van der Waals surface area contributed by atoms with Crippen LogP contribution in [0, 0.1) is 0 Å². The molecule has 3 rings (SSSR count). The Balaban J connectivity index is 1.94. The van der Waals surface area contributed by atoms with Crippen molar-refractivity contribution in [2.75, 3.05) is 20.2 Å². The minimum absolute atomic E-state index is 0.646. The van der Waals surface area contributed by atoms with Gasteiger partial charge in [-0.15, -0.1) is 0 Å². The fraction of sp³-hybridized carbons (Fsp3) is 0.353. The maximum Gasteiger partial charge on any atom is 0.128 e. The van der Waals surface area contributed by atoms with Crippen molar-refractivity contribution in [2.45, 2.75) is 18.8 Å². The molecule has 1 aromatic heterocycles. The van der Waals surface area contributed by atoms with Crippen LogP contribution in [0.4, 0.5) is 0 Å². The number of pyridine rings is 1. The van der Waals surface area contributed by atoms with E-state index in [1.54, 1.807) is 7.11 Å². The van der Waals surface area contributed by atoms with Crippen LogP contribution in [0.1, 0.15) is 24.3 Å². The molecule has 1 aromatic carbocycles. The lowest BCUT2D eigenvalue weighted by atomic mass is 9.90. The molecule has 0 radical (unpaired) electrons. The number of ether oxygens (including phenoxy) is 1. The molecule has 1 N–H and O–H groups in total. The van der Waals surface area contributed by atoms with E-state index in [0.29, 0.717) is 5.92 Å². The number of methoxy groups -OCH3 is 1. The molecule has 0 unspecified atom stereocenters. The molecule has 0 spiro atoms. The van der Waals surface area contributed by atoms with Gasteiger partial charge >= 0.3 is 0 Å². The third kappa shape index (κ3) is 2.68.